The molecule has 0 saturated carbocycles. The lowest BCUT2D eigenvalue weighted by Crippen LogP contribution is -2.06. The molecule has 1 N–H and O–H groups in total. The molecule has 2 rings (SSSR count). The van der Waals surface area contributed by atoms with Gasteiger partial charge in [0.05, 0.1) is 4.90 Å². The Kier molecular flexibility index (Phi) is 4.09. The molecule has 0 fully saturated rings. The van der Waals surface area contributed by atoms with Gasteiger partial charge in [-0.2, -0.15) is 0 Å². The van der Waals surface area contributed by atoms with E-state index in [1.807, 2.05) is 6.92 Å². The third kappa shape index (κ3) is 3.46. The second kappa shape index (κ2) is 5.65. The van der Waals surface area contributed by atoms with E-state index >= 15 is 0 Å². The molecule has 2 aromatic rings. The molecular weight excluding hydrogens is 290 g/mol. The molecular formula is C15H15NO4S. The third-order valence-corrected chi connectivity index (χ3v) is 4.33. The van der Waals surface area contributed by atoms with Gasteiger partial charge >= 0.3 is 5.97 Å². The average Bonchev–Trinajstić information content (AvgIpc) is 2.46. The normalized spacial score (nSPS) is 12.9. The summed E-state index contributed by atoms with van der Waals surface area (Å²) in [6, 6.07) is 11.4. The summed E-state index contributed by atoms with van der Waals surface area (Å²) in [4.78, 5) is 15.3. The standard InChI is InChI=1S/C15H15NO4S/c1-10(13-7-4-8-14(16-13)15(17)18)11-5-3-6-12(9-11)21(2,19)20/h3-10H,1-2H3,(H,17,18). The molecule has 5 nitrogen and oxygen atoms in total. The number of hydrogen-bond acceptors (Lipinski definition) is 4. The number of sulfone groups is 1. The van der Waals surface area contributed by atoms with E-state index in [1.54, 1.807) is 30.3 Å². The average molecular weight is 305 g/mol. The van der Waals surface area contributed by atoms with Crippen LogP contribution >= 0.6 is 0 Å². The van der Waals surface area contributed by atoms with Crippen molar-refractivity contribution in [3.63, 3.8) is 0 Å². The number of hydrogen-bond donors (Lipinski definition) is 1. The van der Waals surface area contributed by atoms with Crippen LogP contribution in [0.15, 0.2) is 47.4 Å². The monoisotopic (exact) mass is 305 g/mol. The van der Waals surface area contributed by atoms with Gasteiger partial charge in [0, 0.05) is 17.9 Å². The molecule has 0 aliphatic heterocycles. The summed E-state index contributed by atoms with van der Waals surface area (Å²) in [5.41, 5.74) is 1.33. The Hall–Kier alpha value is -2.21. The van der Waals surface area contributed by atoms with Gasteiger partial charge in [-0.1, -0.05) is 25.1 Å². The van der Waals surface area contributed by atoms with Crippen LogP contribution < -0.4 is 0 Å². The molecule has 0 radical (unpaired) electrons. The highest BCUT2D eigenvalue weighted by Crippen LogP contribution is 2.24. The summed E-state index contributed by atoms with van der Waals surface area (Å²) >= 11 is 0. The number of benzene rings is 1. The molecule has 1 unspecified atom stereocenters. The fraction of sp³-hybridized carbons (Fsp3) is 0.200. The summed E-state index contributed by atoms with van der Waals surface area (Å²) in [6.45, 7) is 1.86. The topological polar surface area (TPSA) is 84.3 Å². The van der Waals surface area contributed by atoms with Gasteiger partial charge in [-0.3, -0.25) is 0 Å². The van der Waals surface area contributed by atoms with Gasteiger partial charge < -0.3 is 5.11 Å². The van der Waals surface area contributed by atoms with Crippen molar-refractivity contribution in [2.45, 2.75) is 17.7 Å². The lowest BCUT2D eigenvalue weighted by molar-refractivity contribution is 0.0690. The van der Waals surface area contributed by atoms with Crippen LogP contribution in [0.5, 0.6) is 0 Å². The first-order valence-electron chi connectivity index (χ1n) is 6.29. The smallest absolute Gasteiger partial charge is 0.354 e. The number of carboxylic acids is 1. The molecule has 0 amide bonds. The summed E-state index contributed by atoms with van der Waals surface area (Å²) in [6.07, 6.45) is 1.15. The maximum absolute atomic E-state index is 11.6. The zero-order chi connectivity index (χ0) is 15.6. The van der Waals surface area contributed by atoms with Crippen LogP contribution in [0.25, 0.3) is 0 Å². The van der Waals surface area contributed by atoms with E-state index in [1.165, 1.54) is 12.1 Å². The van der Waals surface area contributed by atoms with Gasteiger partial charge in [0.15, 0.2) is 9.84 Å². The second-order valence-corrected chi connectivity index (χ2v) is 6.83. The number of aromatic carboxylic acids is 1. The van der Waals surface area contributed by atoms with Gasteiger partial charge in [-0.05, 0) is 29.8 Å². The van der Waals surface area contributed by atoms with Gasteiger partial charge in [0.1, 0.15) is 5.69 Å². The van der Waals surface area contributed by atoms with Crippen LogP contribution in [0.3, 0.4) is 0 Å². The van der Waals surface area contributed by atoms with Crippen molar-refractivity contribution >= 4 is 15.8 Å². The second-order valence-electron chi connectivity index (χ2n) is 4.82. The van der Waals surface area contributed by atoms with E-state index in [0.29, 0.717) is 5.69 Å². The van der Waals surface area contributed by atoms with Crippen LogP contribution in [0, 0.1) is 0 Å². The highest BCUT2D eigenvalue weighted by Gasteiger charge is 2.15. The number of aromatic nitrogens is 1. The van der Waals surface area contributed by atoms with Gasteiger partial charge in [0.25, 0.3) is 0 Å². The van der Waals surface area contributed by atoms with Gasteiger partial charge in [-0.25, -0.2) is 18.2 Å². The van der Waals surface area contributed by atoms with Crippen molar-refractivity contribution in [3.05, 3.63) is 59.4 Å². The van der Waals surface area contributed by atoms with Crippen LogP contribution in [0.4, 0.5) is 0 Å². The molecule has 1 aromatic carbocycles. The van der Waals surface area contributed by atoms with Gasteiger partial charge in [0.2, 0.25) is 0 Å². The summed E-state index contributed by atoms with van der Waals surface area (Å²) in [7, 11) is -3.28. The predicted octanol–water partition coefficient (Wildman–Crippen LogP) is 2.34. The molecule has 0 saturated heterocycles. The van der Waals surface area contributed by atoms with Crippen LogP contribution in [0.1, 0.15) is 34.6 Å². The Morgan fingerprint density at radius 1 is 1.19 bits per heavy atom. The first kappa shape index (κ1) is 15.2. The van der Waals surface area contributed by atoms with Crippen molar-refractivity contribution in [3.8, 4) is 0 Å². The number of pyridine rings is 1. The largest absolute Gasteiger partial charge is 0.477 e. The van der Waals surface area contributed by atoms with E-state index in [4.69, 9.17) is 5.11 Å². The zero-order valence-corrected chi connectivity index (χ0v) is 12.5. The Balaban J connectivity index is 2.43. The maximum atomic E-state index is 11.6. The van der Waals surface area contributed by atoms with Crippen LogP contribution in [-0.4, -0.2) is 30.7 Å². The molecule has 0 aliphatic rings. The number of rotatable bonds is 4. The molecule has 21 heavy (non-hydrogen) atoms. The zero-order valence-electron chi connectivity index (χ0n) is 11.6. The van der Waals surface area contributed by atoms with Crippen molar-refractivity contribution in [1.29, 1.82) is 0 Å². The van der Waals surface area contributed by atoms with Crippen molar-refractivity contribution in [1.82, 2.24) is 4.98 Å². The minimum atomic E-state index is -3.28. The molecule has 0 bridgehead atoms. The lowest BCUT2D eigenvalue weighted by atomic mass is 9.97. The number of nitrogens with zero attached hydrogens (tertiary/aromatic N) is 1. The van der Waals surface area contributed by atoms with E-state index in [2.05, 4.69) is 4.98 Å². The molecule has 0 spiro atoms. The minimum absolute atomic E-state index is 0.0291. The Labute approximate surface area is 123 Å². The third-order valence-electron chi connectivity index (χ3n) is 3.22. The molecule has 1 atom stereocenters. The van der Waals surface area contributed by atoms with Crippen molar-refractivity contribution in [2.75, 3.05) is 6.26 Å². The molecule has 110 valence electrons. The number of carbonyl (C=O) groups is 1. The Bertz CT molecular complexity index is 784. The molecule has 1 heterocycles. The van der Waals surface area contributed by atoms with Crippen molar-refractivity contribution in [2.24, 2.45) is 0 Å². The SMILES string of the molecule is CC(c1cccc(S(C)(=O)=O)c1)c1cccc(C(=O)O)n1. The number of carboxylic acid groups (broad SMARTS) is 1. The van der Waals surface area contributed by atoms with Gasteiger partial charge in [-0.15, -0.1) is 0 Å². The van der Waals surface area contributed by atoms with Crippen LogP contribution in [0.2, 0.25) is 0 Å². The van der Waals surface area contributed by atoms with E-state index in [9.17, 15) is 13.2 Å². The summed E-state index contributed by atoms with van der Waals surface area (Å²) in [5, 5.41) is 8.97. The predicted molar refractivity (Wildman–Crippen MR) is 78.3 cm³/mol. The highest BCUT2D eigenvalue weighted by atomic mass is 32.2. The maximum Gasteiger partial charge on any atom is 0.354 e. The Morgan fingerprint density at radius 3 is 2.48 bits per heavy atom. The van der Waals surface area contributed by atoms with E-state index in [-0.39, 0.29) is 16.5 Å². The first-order chi connectivity index (χ1) is 9.79. The minimum Gasteiger partial charge on any atom is -0.477 e. The van der Waals surface area contributed by atoms with Crippen molar-refractivity contribution < 1.29 is 18.3 Å². The summed E-state index contributed by atoms with van der Waals surface area (Å²) < 4.78 is 23.2. The molecule has 1 aromatic heterocycles. The fourth-order valence-corrected chi connectivity index (χ4v) is 2.67. The summed E-state index contributed by atoms with van der Waals surface area (Å²) in [5.74, 6) is -1.29. The quantitative estimate of drug-likeness (QED) is 0.937. The van der Waals surface area contributed by atoms with E-state index in [0.717, 1.165) is 11.8 Å². The molecule has 0 aliphatic carbocycles. The fourth-order valence-electron chi connectivity index (χ4n) is 2.00. The first-order valence-corrected chi connectivity index (χ1v) is 8.18. The Morgan fingerprint density at radius 2 is 1.86 bits per heavy atom. The highest BCUT2D eigenvalue weighted by molar-refractivity contribution is 7.90. The molecule has 6 heteroatoms. The lowest BCUT2D eigenvalue weighted by Gasteiger charge is -2.13. The van der Waals surface area contributed by atoms with E-state index < -0.39 is 15.8 Å². The van der Waals surface area contributed by atoms with Crippen LogP contribution in [-0.2, 0) is 9.84 Å².